The molecule has 1 N–H and O–H groups in total. The van der Waals surface area contributed by atoms with E-state index in [0.29, 0.717) is 37.4 Å². The zero-order valence-corrected chi connectivity index (χ0v) is 17.9. The first-order chi connectivity index (χ1) is 14.7. The minimum atomic E-state index is -0.742. The van der Waals surface area contributed by atoms with Gasteiger partial charge in [0, 0.05) is 43.8 Å². The molecule has 1 saturated heterocycles. The van der Waals surface area contributed by atoms with E-state index in [1.807, 2.05) is 9.47 Å². The van der Waals surface area contributed by atoms with E-state index in [1.165, 1.54) is 6.07 Å². The number of hydrazine groups is 1. The maximum Gasteiger partial charge on any atom is 0.344 e. The van der Waals surface area contributed by atoms with Gasteiger partial charge in [-0.2, -0.15) is 0 Å². The van der Waals surface area contributed by atoms with Crippen LogP contribution >= 0.6 is 0 Å². The number of nitrogens with zero attached hydrogens (tertiary/aromatic N) is 4. The fraction of sp³-hybridized carbons (Fsp3) is 0.524. The summed E-state index contributed by atoms with van der Waals surface area (Å²) >= 11 is 0. The molecule has 2 fully saturated rings. The van der Waals surface area contributed by atoms with E-state index >= 15 is 4.39 Å². The number of pyridine rings is 1. The first-order valence-corrected chi connectivity index (χ1v) is 10.4. The summed E-state index contributed by atoms with van der Waals surface area (Å²) < 4.78 is 22.4. The topological polar surface area (TPSA) is 96.2 Å². The van der Waals surface area contributed by atoms with Crippen LogP contribution in [0.5, 0.6) is 0 Å². The summed E-state index contributed by atoms with van der Waals surface area (Å²) in [5.41, 5.74) is 2.01. The first-order valence-electron chi connectivity index (χ1n) is 10.4. The van der Waals surface area contributed by atoms with E-state index in [1.54, 1.807) is 38.0 Å². The van der Waals surface area contributed by atoms with Crippen molar-refractivity contribution >= 4 is 22.6 Å². The lowest BCUT2D eigenvalue weighted by Gasteiger charge is -2.35. The third-order valence-corrected chi connectivity index (χ3v) is 5.46. The molecular weight excluding hydrogens is 405 g/mol. The highest BCUT2D eigenvalue weighted by molar-refractivity contribution is 5.95. The van der Waals surface area contributed by atoms with Crippen LogP contribution in [0.15, 0.2) is 28.4 Å². The normalized spacial score (nSPS) is 17.6. The second-order valence-electron chi connectivity index (χ2n) is 9.00. The summed E-state index contributed by atoms with van der Waals surface area (Å²) in [5.74, 6) is -1.23. The molecule has 1 saturated carbocycles. The standard InChI is InChI=1S/C21H26FN5O4/c1-21(2,3)31-20(29)15-12-27(13-4-5-13)17-11-18(16(22)10-14(17)19(15)28)25-6-8-26(9-7-25)23-24-30/h10-13H,4-9H2,1-3H3,(H,23,30). The molecule has 0 unspecified atom stereocenters. The van der Waals surface area contributed by atoms with Crippen LogP contribution in [-0.2, 0) is 4.74 Å². The summed E-state index contributed by atoms with van der Waals surface area (Å²) in [4.78, 5) is 37.9. The van der Waals surface area contributed by atoms with Gasteiger partial charge in [0.2, 0.25) is 5.43 Å². The number of piperazine rings is 1. The Kier molecular flexibility index (Phi) is 5.42. The Labute approximate surface area is 178 Å². The summed E-state index contributed by atoms with van der Waals surface area (Å²) in [7, 11) is 0. The fourth-order valence-electron chi connectivity index (χ4n) is 3.84. The van der Waals surface area contributed by atoms with Gasteiger partial charge in [-0.1, -0.05) is 0 Å². The predicted octanol–water partition coefficient (Wildman–Crippen LogP) is 2.74. The molecule has 9 nitrogen and oxygen atoms in total. The lowest BCUT2D eigenvalue weighted by molar-refractivity contribution is 0.00674. The second kappa shape index (κ2) is 7.92. The number of hydrogen-bond donors (Lipinski definition) is 1. The molecular formula is C21H26FN5O4. The van der Waals surface area contributed by atoms with Gasteiger partial charge in [-0.05, 0) is 45.7 Å². The van der Waals surface area contributed by atoms with Crippen molar-refractivity contribution in [2.45, 2.75) is 45.3 Å². The monoisotopic (exact) mass is 431 g/mol. The van der Waals surface area contributed by atoms with Gasteiger partial charge in [0.05, 0.1) is 16.5 Å². The Morgan fingerprint density at radius 3 is 2.45 bits per heavy atom. The Bertz CT molecular complexity index is 1080. The van der Waals surface area contributed by atoms with Crippen molar-refractivity contribution in [2.75, 3.05) is 31.1 Å². The third kappa shape index (κ3) is 4.39. The van der Waals surface area contributed by atoms with Gasteiger partial charge in [0.25, 0.3) is 0 Å². The molecule has 1 aromatic heterocycles. The van der Waals surface area contributed by atoms with Gasteiger partial charge in [0.1, 0.15) is 17.0 Å². The average molecular weight is 431 g/mol. The number of hydrogen-bond acceptors (Lipinski definition) is 7. The maximum atomic E-state index is 15.1. The van der Waals surface area contributed by atoms with Crippen LogP contribution < -0.4 is 15.9 Å². The molecule has 0 atom stereocenters. The Balaban J connectivity index is 1.75. The molecule has 0 amide bonds. The molecule has 4 rings (SSSR count). The van der Waals surface area contributed by atoms with Crippen LogP contribution in [0.3, 0.4) is 0 Å². The molecule has 1 aliphatic heterocycles. The first kappa shape index (κ1) is 21.2. The highest BCUT2D eigenvalue weighted by Gasteiger charge is 2.30. The van der Waals surface area contributed by atoms with E-state index in [2.05, 4.69) is 10.8 Å². The van der Waals surface area contributed by atoms with Gasteiger partial charge in [-0.15, -0.1) is 4.91 Å². The van der Waals surface area contributed by atoms with E-state index in [0.717, 1.165) is 12.8 Å². The molecule has 1 aliphatic carbocycles. The number of nitroso groups, excluding NO2 is 1. The quantitative estimate of drug-likeness (QED) is 0.442. The van der Waals surface area contributed by atoms with Gasteiger partial charge >= 0.3 is 5.97 Å². The zero-order chi connectivity index (χ0) is 22.3. The Hall–Kier alpha value is -3.01. The number of fused-ring (bicyclic) bond motifs is 1. The van der Waals surface area contributed by atoms with Crippen molar-refractivity contribution in [3.8, 4) is 0 Å². The number of carbonyl (C=O) groups is 1. The molecule has 166 valence electrons. The highest BCUT2D eigenvalue weighted by Crippen LogP contribution is 2.38. The van der Waals surface area contributed by atoms with Crippen LogP contribution in [0.1, 0.15) is 50.0 Å². The van der Waals surface area contributed by atoms with Crippen LogP contribution in [0.25, 0.3) is 10.9 Å². The lowest BCUT2D eigenvalue weighted by Crippen LogP contribution is -2.50. The zero-order valence-electron chi connectivity index (χ0n) is 17.9. The molecule has 0 bridgehead atoms. The Morgan fingerprint density at radius 2 is 1.87 bits per heavy atom. The van der Waals surface area contributed by atoms with Gasteiger partial charge in [-0.25, -0.2) is 19.7 Å². The van der Waals surface area contributed by atoms with E-state index in [-0.39, 0.29) is 17.0 Å². The summed E-state index contributed by atoms with van der Waals surface area (Å²) in [5, 5.41) is 4.50. The lowest BCUT2D eigenvalue weighted by atomic mass is 10.1. The minimum Gasteiger partial charge on any atom is -0.456 e. The molecule has 0 spiro atoms. The Morgan fingerprint density at radius 1 is 1.19 bits per heavy atom. The summed E-state index contributed by atoms with van der Waals surface area (Å²) in [6.45, 7) is 7.18. The van der Waals surface area contributed by atoms with E-state index < -0.39 is 22.8 Å². The molecule has 2 aliphatic rings. The molecule has 1 aromatic carbocycles. The number of esters is 1. The van der Waals surface area contributed by atoms with Crippen LogP contribution in [-0.4, -0.2) is 47.3 Å². The highest BCUT2D eigenvalue weighted by atomic mass is 19.1. The predicted molar refractivity (Wildman–Crippen MR) is 114 cm³/mol. The van der Waals surface area contributed by atoms with Crippen LogP contribution in [0, 0.1) is 10.7 Å². The molecule has 2 aromatic rings. The van der Waals surface area contributed by atoms with E-state index in [9.17, 15) is 14.5 Å². The number of rotatable bonds is 5. The van der Waals surface area contributed by atoms with Crippen molar-refractivity contribution < 1.29 is 13.9 Å². The van der Waals surface area contributed by atoms with Gasteiger partial charge in [0.15, 0.2) is 0 Å². The largest absolute Gasteiger partial charge is 0.456 e. The number of ether oxygens (including phenoxy) is 1. The van der Waals surface area contributed by atoms with Gasteiger partial charge < -0.3 is 14.2 Å². The summed E-state index contributed by atoms with van der Waals surface area (Å²) in [6, 6.07) is 3.07. The minimum absolute atomic E-state index is 0.0810. The molecule has 0 radical (unpaired) electrons. The number of aromatic nitrogens is 1. The van der Waals surface area contributed by atoms with Crippen LogP contribution in [0.2, 0.25) is 0 Å². The molecule has 2 heterocycles. The van der Waals surface area contributed by atoms with Crippen molar-refractivity contribution in [2.24, 2.45) is 5.29 Å². The smallest absolute Gasteiger partial charge is 0.344 e. The number of anilines is 1. The van der Waals surface area contributed by atoms with E-state index in [4.69, 9.17) is 4.74 Å². The number of halogens is 1. The third-order valence-electron chi connectivity index (χ3n) is 5.46. The fourth-order valence-corrected chi connectivity index (χ4v) is 3.84. The van der Waals surface area contributed by atoms with Crippen molar-refractivity contribution in [3.63, 3.8) is 0 Å². The average Bonchev–Trinajstić information content (AvgIpc) is 3.53. The number of nitrogens with one attached hydrogen (secondary N) is 1. The van der Waals surface area contributed by atoms with Crippen molar-refractivity contribution in [1.29, 1.82) is 0 Å². The molecule has 10 heteroatoms. The number of benzene rings is 1. The van der Waals surface area contributed by atoms with Gasteiger partial charge in [-0.3, -0.25) is 4.79 Å². The van der Waals surface area contributed by atoms with Crippen molar-refractivity contribution in [3.05, 3.63) is 44.8 Å². The van der Waals surface area contributed by atoms with Crippen molar-refractivity contribution in [1.82, 2.24) is 15.1 Å². The van der Waals surface area contributed by atoms with Crippen LogP contribution in [0.4, 0.5) is 10.1 Å². The molecule has 31 heavy (non-hydrogen) atoms. The number of carbonyl (C=O) groups excluding carboxylic acids is 1. The maximum absolute atomic E-state index is 15.1. The second-order valence-corrected chi connectivity index (χ2v) is 9.00. The SMILES string of the molecule is CC(C)(C)OC(=O)c1cn(C2CC2)c2cc(N3CCN(NN=O)CC3)c(F)cc2c1=O. The summed E-state index contributed by atoms with van der Waals surface area (Å²) in [6.07, 6.45) is 3.42.